The molecule has 146 valence electrons. The summed E-state index contributed by atoms with van der Waals surface area (Å²) in [6.07, 6.45) is 15.5. The first kappa shape index (κ1) is 18.1. The molecular formula is C20H23ClN6S. The van der Waals surface area contributed by atoms with Crippen molar-refractivity contribution in [1.82, 2.24) is 19.4 Å². The molecule has 1 aliphatic carbocycles. The molecule has 0 unspecified atom stereocenters. The number of aromatic nitrogens is 4. The predicted molar refractivity (Wildman–Crippen MR) is 113 cm³/mol. The number of nitrogen functional groups attached to an aromatic ring is 1. The van der Waals surface area contributed by atoms with Gasteiger partial charge in [-0.2, -0.15) is 0 Å². The Balaban J connectivity index is 1.43. The molecule has 0 radical (unpaired) electrons. The topological polar surface area (TPSA) is 72.3 Å². The summed E-state index contributed by atoms with van der Waals surface area (Å²) in [4.78, 5) is 17.6. The van der Waals surface area contributed by atoms with Crippen LogP contribution in [0.25, 0.3) is 5.65 Å². The minimum atomic E-state index is 0.338. The lowest BCUT2D eigenvalue weighted by molar-refractivity contribution is 0.225. The Labute approximate surface area is 173 Å². The van der Waals surface area contributed by atoms with Gasteiger partial charge in [-0.1, -0.05) is 36.2 Å². The molecule has 0 bridgehead atoms. The lowest BCUT2D eigenvalue weighted by Gasteiger charge is -2.39. The molecule has 0 aromatic carbocycles. The van der Waals surface area contributed by atoms with Crippen LogP contribution in [0.5, 0.6) is 0 Å². The van der Waals surface area contributed by atoms with Gasteiger partial charge in [0.25, 0.3) is 0 Å². The van der Waals surface area contributed by atoms with Crippen molar-refractivity contribution in [3.8, 4) is 0 Å². The van der Waals surface area contributed by atoms with Crippen LogP contribution in [-0.2, 0) is 0 Å². The maximum absolute atomic E-state index is 6.32. The Hall–Kier alpha value is -1.99. The van der Waals surface area contributed by atoms with Crippen LogP contribution in [0, 0.1) is 5.41 Å². The van der Waals surface area contributed by atoms with Crippen molar-refractivity contribution in [2.45, 2.75) is 48.3 Å². The molecule has 0 atom stereocenters. The predicted octanol–water partition coefficient (Wildman–Crippen LogP) is 4.67. The van der Waals surface area contributed by atoms with Crippen LogP contribution in [0.15, 0.2) is 40.6 Å². The number of imidazole rings is 1. The minimum absolute atomic E-state index is 0.338. The molecule has 28 heavy (non-hydrogen) atoms. The van der Waals surface area contributed by atoms with E-state index in [4.69, 9.17) is 22.3 Å². The van der Waals surface area contributed by atoms with Gasteiger partial charge in [0.1, 0.15) is 5.82 Å². The highest BCUT2D eigenvalue weighted by Crippen LogP contribution is 2.46. The zero-order chi connectivity index (χ0) is 19.1. The van der Waals surface area contributed by atoms with Crippen molar-refractivity contribution < 1.29 is 0 Å². The van der Waals surface area contributed by atoms with Crippen LogP contribution in [0.1, 0.15) is 38.5 Å². The highest BCUT2D eigenvalue weighted by molar-refractivity contribution is 7.99. The van der Waals surface area contributed by atoms with Crippen LogP contribution < -0.4 is 10.6 Å². The molecule has 1 spiro atoms. The van der Waals surface area contributed by atoms with Gasteiger partial charge >= 0.3 is 0 Å². The number of rotatable bonds is 3. The van der Waals surface area contributed by atoms with E-state index in [1.165, 1.54) is 50.3 Å². The lowest BCUT2D eigenvalue weighted by atomic mass is 9.77. The third-order valence-corrected chi connectivity index (χ3v) is 7.82. The van der Waals surface area contributed by atoms with Crippen molar-refractivity contribution >= 4 is 40.8 Å². The Morgan fingerprint density at radius 2 is 1.79 bits per heavy atom. The van der Waals surface area contributed by atoms with Crippen molar-refractivity contribution in [2.75, 3.05) is 23.7 Å². The van der Waals surface area contributed by atoms with Crippen molar-refractivity contribution in [2.24, 2.45) is 5.41 Å². The van der Waals surface area contributed by atoms with Gasteiger partial charge in [0.15, 0.2) is 5.65 Å². The minimum Gasteiger partial charge on any atom is -0.382 e. The van der Waals surface area contributed by atoms with E-state index in [0.29, 0.717) is 16.3 Å². The second-order valence-electron chi connectivity index (χ2n) is 7.85. The fourth-order valence-corrected chi connectivity index (χ4v) is 5.77. The van der Waals surface area contributed by atoms with Crippen molar-refractivity contribution in [1.29, 1.82) is 0 Å². The fraction of sp³-hybridized carbons (Fsp3) is 0.450. The Morgan fingerprint density at radius 1 is 1.00 bits per heavy atom. The zero-order valence-corrected chi connectivity index (χ0v) is 17.2. The SMILES string of the molecule is Nc1nccc(Sc2cnc(N3CCC4(CCCC4)CC3)n3ccnc23)c1Cl. The molecule has 3 aromatic heterocycles. The molecule has 2 fully saturated rings. The van der Waals surface area contributed by atoms with E-state index in [2.05, 4.69) is 19.3 Å². The van der Waals surface area contributed by atoms with Gasteiger partial charge in [0.2, 0.25) is 5.95 Å². The number of hydrogen-bond acceptors (Lipinski definition) is 6. The van der Waals surface area contributed by atoms with Gasteiger partial charge in [0.05, 0.1) is 9.92 Å². The van der Waals surface area contributed by atoms with Crippen LogP contribution in [0.4, 0.5) is 11.8 Å². The van der Waals surface area contributed by atoms with E-state index in [-0.39, 0.29) is 0 Å². The molecule has 6 nitrogen and oxygen atoms in total. The second-order valence-corrected chi connectivity index (χ2v) is 9.31. The first-order valence-electron chi connectivity index (χ1n) is 9.80. The summed E-state index contributed by atoms with van der Waals surface area (Å²) in [7, 11) is 0. The molecule has 0 amide bonds. The van der Waals surface area contributed by atoms with Gasteiger partial charge in [-0.3, -0.25) is 4.40 Å². The average molecular weight is 415 g/mol. The molecule has 1 saturated heterocycles. The molecule has 2 aliphatic rings. The summed E-state index contributed by atoms with van der Waals surface area (Å²) in [5, 5.41) is 0.471. The molecule has 1 aliphatic heterocycles. The standard InChI is InChI=1S/C20H23ClN6S/c21-16-14(3-8-23-17(16)22)28-15-13-25-19(27-12-9-24-18(15)27)26-10-6-20(7-11-26)4-1-2-5-20/h3,8-9,12-13H,1-2,4-7,10-11H2,(H2,22,23). The zero-order valence-electron chi connectivity index (χ0n) is 15.6. The summed E-state index contributed by atoms with van der Waals surface area (Å²) in [5.74, 6) is 1.31. The van der Waals surface area contributed by atoms with Crippen LogP contribution in [0.2, 0.25) is 5.02 Å². The van der Waals surface area contributed by atoms with E-state index >= 15 is 0 Å². The molecule has 3 aromatic rings. The Bertz CT molecular complexity index is 1000. The van der Waals surface area contributed by atoms with Crippen LogP contribution in [-0.4, -0.2) is 32.4 Å². The molecule has 5 rings (SSSR count). The van der Waals surface area contributed by atoms with Crippen LogP contribution in [0.3, 0.4) is 0 Å². The fourth-order valence-electron chi connectivity index (χ4n) is 4.63. The van der Waals surface area contributed by atoms with Gasteiger partial charge in [-0.25, -0.2) is 15.0 Å². The van der Waals surface area contributed by atoms with Gasteiger partial charge in [-0.05, 0) is 37.2 Å². The highest BCUT2D eigenvalue weighted by atomic mass is 35.5. The molecule has 8 heteroatoms. The average Bonchev–Trinajstić information content (AvgIpc) is 3.37. The maximum atomic E-state index is 6.32. The number of halogens is 1. The number of anilines is 2. The summed E-state index contributed by atoms with van der Waals surface area (Å²) in [5.41, 5.74) is 7.33. The third kappa shape index (κ3) is 3.10. The quantitative estimate of drug-likeness (QED) is 0.671. The summed E-state index contributed by atoms with van der Waals surface area (Å²) in [6, 6.07) is 1.86. The van der Waals surface area contributed by atoms with E-state index in [1.54, 1.807) is 6.20 Å². The van der Waals surface area contributed by atoms with E-state index < -0.39 is 0 Å². The van der Waals surface area contributed by atoms with Gasteiger partial charge in [0, 0.05) is 42.8 Å². The molecule has 1 saturated carbocycles. The number of nitrogens with zero attached hydrogens (tertiary/aromatic N) is 5. The number of fused-ring (bicyclic) bond motifs is 1. The number of pyridine rings is 1. The highest BCUT2D eigenvalue weighted by Gasteiger charge is 2.37. The smallest absolute Gasteiger partial charge is 0.211 e. The normalized spacial score (nSPS) is 19.0. The van der Waals surface area contributed by atoms with E-state index in [9.17, 15) is 0 Å². The molecule has 4 heterocycles. The van der Waals surface area contributed by atoms with Gasteiger partial charge in [-0.15, -0.1) is 0 Å². The second kappa shape index (κ2) is 7.12. The number of nitrogens with two attached hydrogens (primary N) is 1. The van der Waals surface area contributed by atoms with Gasteiger partial charge < -0.3 is 10.6 Å². The summed E-state index contributed by atoms with van der Waals surface area (Å²) >= 11 is 7.83. The third-order valence-electron chi connectivity index (χ3n) is 6.25. The molecule has 2 N–H and O–H groups in total. The lowest BCUT2D eigenvalue weighted by Crippen LogP contribution is -2.40. The summed E-state index contributed by atoms with van der Waals surface area (Å²) < 4.78 is 2.09. The first-order chi connectivity index (χ1) is 13.7. The Kier molecular flexibility index (Phi) is 4.59. The number of piperidine rings is 1. The Morgan fingerprint density at radius 3 is 2.57 bits per heavy atom. The number of hydrogen-bond donors (Lipinski definition) is 1. The van der Waals surface area contributed by atoms with E-state index in [1.807, 2.05) is 24.7 Å². The summed E-state index contributed by atoms with van der Waals surface area (Å²) in [6.45, 7) is 2.14. The van der Waals surface area contributed by atoms with Crippen molar-refractivity contribution in [3.05, 3.63) is 35.9 Å². The first-order valence-corrected chi connectivity index (χ1v) is 11.0. The largest absolute Gasteiger partial charge is 0.382 e. The monoisotopic (exact) mass is 414 g/mol. The van der Waals surface area contributed by atoms with Crippen LogP contribution >= 0.6 is 23.4 Å². The maximum Gasteiger partial charge on any atom is 0.211 e. The van der Waals surface area contributed by atoms with E-state index in [0.717, 1.165) is 34.5 Å². The van der Waals surface area contributed by atoms with Crippen molar-refractivity contribution in [3.63, 3.8) is 0 Å². The molecular weight excluding hydrogens is 392 g/mol.